The highest BCUT2D eigenvalue weighted by Gasteiger charge is 2.32. The number of benzene rings is 2. The van der Waals surface area contributed by atoms with E-state index in [1.54, 1.807) is 20.3 Å². The predicted molar refractivity (Wildman–Crippen MR) is 81.1 cm³/mol. The van der Waals surface area contributed by atoms with Gasteiger partial charge in [-0.1, -0.05) is 6.07 Å². The first-order chi connectivity index (χ1) is 10.9. The van der Waals surface area contributed by atoms with Gasteiger partial charge < -0.3 is 14.8 Å². The van der Waals surface area contributed by atoms with Gasteiger partial charge in [0.2, 0.25) is 0 Å². The van der Waals surface area contributed by atoms with Crippen molar-refractivity contribution < 1.29 is 22.6 Å². The number of halogens is 3. The standard InChI is InChI=1S/C17H16F3NO2/c1-22-15-6-3-10(9-16(15)23-2)14-8-11-7-12(17(18,19)20)4-5-13(11)21-14/h3-7,9,14,21H,8H2,1-2H3. The van der Waals surface area contributed by atoms with Gasteiger partial charge in [-0.25, -0.2) is 0 Å². The van der Waals surface area contributed by atoms with Gasteiger partial charge in [0, 0.05) is 5.69 Å². The summed E-state index contributed by atoms with van der Waals surface area (Å²) >= 11 is 0. The Kier molecular flexibility index (Phi) is 3.83. The fourth-order valence-corrected chi connectivity index (χ4v) is 2.81. The largest absolute Gasteiger partial charge is 0.493 e. The summed E-state index contributed by atoms with van der Waals surface area (Å²) in [5.74, 6) is 1.21. The van der Waals surface area contributed by atoms with E-state index in [0.29, 0.717) is 23.5 Å². The van der Waals surface area contributed by atoms with Gasteiger partial charge in [0.05, 0.1) is 25.8 Å². The maximum absolute atomic E-state index is 12.8. The lowest BCUT2D eigenvalue weighted by molar-refractivity contribution is -0.137. The number of alkyl halides is 3. The van der Waals surface area contributed by atoms with Crippen LogP contribution in [0.25, 0.3) is 0 Å². The molecule has 2 aromatic rings. The molecule has 0 saturated heterocycles. The first-order valence-electron chi connectivity index (χ1n) is 7.11. The Morgan fingerprint density at radius 2 is 1.74 bits per heavy atom. The minimum atomic E-state index is -4.32. The van der Waals surface area contributed by atoms with E-state index in [4.69, 9.17) is 9.47 Å². The molecule has 0 aromatic heterocycles. The molecule has 0 aliphatic carbocycles. The SMILES string of the molecule is COc1ccc(C2Cc3cc(C(F)(F)F)ccc3N2)cc1OC. The summed E-state index contributed by atoms with van der Waals surface area (Å²) < 4.78 is 48.9. The van der Waals surface area contributed by atoms with E-state index in [1.165, 1.54) is 12.1 Å². The van der Waals surface area contributed by atoms with Gasteiger partial charge in [0.15, 0.2) is 11.5 Å². The normalized spacial score (nSPS) is 16.7. The average Bonchev–Trinajstić information content (AvgIpc) is 2.96. The smallest absolute Gasteiger partial charge is 0.416 e. The van der Waals surface area contributed by atoms with Gasteiger partial charge in [-0.2, -0.15) is 13.2 Å². The minimum Gasteiger partial charge on any atom is -0.493 e. The van der Waals surface area contributed by atoms with Crippen LogP contribution in [0.3, 0.4) is 0 Å². The zero-order valence-electron chi connectivity index (χ0n) is 12.7. The number of hydrogen-bond donors (Lipinski definition) is 1. The van der Waals surface area contributed by atoms with Crippen molar-refractivity contribution >= 4 is 5.69 Å². The van der Waals surface area contributed by atoms with Crippen LogP contribution >= 0.6 is 0 Å². The molecule has 6 heteroatoms. The summed E-state index contributed by atoms with van der Waals surface area (Å²) in [4.78, 5) is 0. The second-order valence-corrected chi connectivity index (χ2v) is 5.39. The number of ether oxygens (including phenoxy) is 2. The second-order valence-electron chi connectivity index (χ2n) is 5.39. The molecule has 0 saturated carbocycles. The van der Waals surface area contributed by atoms with Crippen molar-refractivity contribution in [3.63, 3.8) is 0 Å². The maximum Gasteiger partial charge on any atom is 0.416 e. The molecular formula is C17H16F3NO2. The van der Waals surface area contributed by atoms with E-state index in [9.17, 15) is 13.2 Å². The van der Waals surface area contributed by atoms with Gasteiger partial charge in [-0.05, 0) is 47.9 Å². The van der Waals surface area contributed by atoms with Crippen molar-refractivity contribution in [3.05, 3.63) is 53.1 Å². The second kappa shape index (κ2) is 5.68. The fourth-order valence-electron chi connectivity index (χ4n) is 2.81. The molecule has 1 atom stereocenters. The van der Waals surface area contributed by atoms with Crippen LogP contribution in [0, 0.1) is 0 Å². The highest BCUT2D eigenvalue weighted by molar-refractivity contribution is 5.60. The maximum atomic E-state index is 12.8. The fraction of sp³-hybridized carbons (Fsp3) is 0.294. The van der Waals surface area contributed by atoms with Crippen LogP contribution in [0.1, 0.15) is 22.7 Å². The van der Waals surface area contributed by atoms with Crippen molar-refractivity contribution in [1.29, 1.82) is 0 Å². The first-order valence-corrected chi connectivity index (χ1v) is 7.11. The lowest BCUT2D eigenvalue weighted by atomic mass is 10.0. The molecule has 1 aliphatic rings. The van der Waals surface area contributed by atoms with E-state index in [2.05, 4.69) is 5.32 Å². The summed E-state index contributed by atoms with van der Waals surface area (Å²) in [6, 6.07) is 9.22. The third-order valence-electron chi connectivity index (χ3n) is 4.00. The first kappa shape index (κ1) is 15.5. The molecule has 0 amide bonds. The molecule has 0 spiro atoms. The van der Waals surface area contributed by atoms with Gasteiger partial charge in [-0.3, -0.25) is 0 Å². The minimum absolute atomic E-state index is 0.0895. The third-order valence-corrected chi connectivity index (χ3v) is 4.00. The summed E-state index contributed by atoms with van der Waals surface area (Å²) in [5.41, 5.74) is 1.72. The van der Waals surface area contributed by atoms with Crippen LogP contribution in [-0.2, 0) is 12.6 Å². The highest BCUT2D eigenvalue weighted by Crippen LogP contribution is 2.40. The third kappa shape index (κ3) is 2.93. The molecule has 0 radical (unpaired) electrons. The molecule has 1 aliphatic heterocycles. The van der Waals surface area contributed by atoms with Gasteiger partial charge in [-0.15, -0.1) is 0 Å². The van der Waals surface area contributed by atoms with Crippen LogP contribution in [-0.4, -0.2) is 14.2 Å². The summed E-state index contributed by atoms with van der Waals surface area (Å²) in [6.45, 7) is 0. The number of rotatable bonds is 3. The van der Waals surface area contributed by atoms with E-state index < -0.39 is 11.7 Å². The van der Waals surface area contributed by atoms with Crippen molar-refractivity contribution in [3.8, 4) is 11.5 Å². The van der Waals surface area contributed by atoms with Crippen molar-refractivity contribution in [1.82, 2.24) is 0 Å². The Balaban J connectivity index is 1.87. The van der Waals surface area contributed by atoms with Gasteiger partial charge in [0.1, 0.15) is 0 Å². The Morgan fingerprint density at radius 1 is 1.00 bits per heavy atom. The van der Waals surface area contributed by atoms with Crippen molar-refractivity contribution in [2.24, 2.45) is 0 Å². The Hall–Kier alpha value is -2.37. The molecule has 3 rings (SSSR count). The van der Waals surface area contributed by atoms with Crippen LogP contribution in [0.5, 0.6) is 11.5 Å². The number of methoxy groups -OCH3 is 2. The summed E-state index contributed by atoms with van der Waals surface area (Å²) in [6.07, 6.45) is -3.83. The molecule has 3 nitrogen and oxygen atoms in total. The molecule has 1 heterocycles. The number of nitrogens with one attached hydrogen (secondary N) is 1. The Labute approximate surface area is 132 Å². The van der Waals surface area contributed by atoms with E-state index in [0.717, 1.165) is 17.3 Å². The number of fused-ring (bicyclic) bond motifs is 1. The average molecular weight is 323 g/mol. The lowest BCUT2D eigenvalue weighted by Gasteiger charge is -2.15. The number of anilines is 1. The molecule has 2 aromatic carbocycles. The topological polar surface area (TPSA) is 30.5 Å². The zero-order valence-corrected chi connectivity index (χ0v) is 12.7. The molecule has 0 fully saturated rings. The molecule has 122 valence electrons. The van der Waals surface area contributed by atoms with Gasteiger partial charge >= 0.3 is 6.18 Å². The Morgan fingerprint density at radius 3 is 2.39 bits per heavy atom. The van der Waals surface area contributed by atoms with Crippen LogP contribution in [0.4, 0.5) is 18.9 Å². The number of hydrogen-bond acceptors (Lipinski definition) is 3. The molecule has 1 unspecified atom stereocenters. The predicted octanol–water partition coefficient (Wildman–Crippen LogP) is 4.43. The van der Waals surface area contributed by atoms with Crippen LogP contribution in [0.2, 0.25) is 0 Å². The van der Waals surface area contributed by atoms with E-state index >= 15 is 0 Å². The summed E-state index contributed by atoms with van der Waals surface area (Å²) in [5, 5.41) is 3.25. The quantitative estimate of drug-likeness (QED) is 0.906. The monoisotopic (exact) mass is 323 g/mol. The molecular weight excluding hydrogens is 307 g/mol. The van der Waals surface area contributed by atoms with Crippen molar-refractivity contribution in [2.75, 3.05) is 19.5 Å². The lowest BCUT2D eigenvalue weighted by Crippen LogP contribution is -2.06. The van der Waals surface area contributed by atoms with Crippen molar-refractivity contribution in [2.45, 2.75) is 18.6 Å². The molecule has 23 heavy (non-hydrogen) atoms. The van der Waals surface area contributed by atoms with E-state index in [1.807, 2.05) is 12.1 Å². The van der Waals surface area contributed by atoms with Crippen LogP contribution < -0.4 is 14.8 Å². The van der Waals surface area contributed by atoms with E-state index in [-0.39, 0.29) is 6.04 Å². The molecule has 1 N–H and O–H groups in total. The zero-order chi connectivity index (χ0) is 16.6. The highest BCUT2D eigenvalue weighted by atomic mass is 19.4. The van der Waals surface area contributed by atoms with Crippen LogP contribution in [0.15, 0.2) is 36.4 Å². The molecule has 0 bridgehead atoms. The van der Waals surface area contributed by atoms with Gasteiger partial charge in [0.25, 0.3) is 0 Å². The Bertz CT molecular complexity index is 728. The summed E-state index contributed by atoms with van der Waals surface area (Å²) in [7, 11) is 3.11.